The number of nitrogens with zero attached hydrogens (tertiary/aromatic N) is 6. The van der Waals surface area contributed by atoms with Crippen LogP contribution in [0.15, 0.2) is 24.5 Å². The first kappa shape index (κ1) is 19.7. The summed E-state index contributed by atoms with van der Waals surface area (Å²) in [6.45, 7) is 6.20. The van der Waals surface area contributed by atoms with Crippen LogP contribution in [0.25, 0.3) is 11.4 Å². The molecule has 8 heteroatoms. The van der Waals surface area contributed by atoms with Crippen LogP contribution >= 0.6 is 0 Å². The summed E-state index contributed by atoms with van der Waals surface area (Å²) >= 11 is 0. The molecule has 0 unspecified atom stereocenters. The minimum Gasteiger partial charge on any atom is -0.368 e. The summed E-state index contributed by atoms with van der Waals surface area (Å²) in [7, 11) is 0. The predicted molar refractivity (Wildman–Crippen MR) is 126 cm³/mol. The minimum absolute atomic E-state index is 0.494. The molecule has 166 valence electrons. The molecular weight excluding hydrogens is 400 g/mol. The van der Waals surface area contributed by atoms with Crippen LogP contribution < -0.4 is 15.5 Å². The summed E-state index contributed by atoms with van der Waals surface area (Å²) in [6.07, 6.45) is 10.9. The highest BCUT2D eigenvalue weighted by Crippen LogP contribution is 2.39. The molecule has 8 nitrogen and oxygen atoms in total. The van der Waals surface area contributed by atoms with Crippen LogP contribution in [0.2, 0.25) is 0 Å². The SMILES string of the molecule is Cc1nn(C2CCCC2)c2c1CCc1cnc(Nc3ccc(N4CCNCC4)cn3)nc1-2. The largest absolute Gasteiger partial charge is 0.368 e. The van der Waals surface area contributed by atoms with Gasteiger partial charge >= 0.3 is 0 Å². The lowest BCUT2D eigenvalue weighted by molar-refractivity contribution is 0.468. The number of hydrogen-bond acceptors (Lipinski definition) is 7. The Bertz CT molecular complexity index is 1110. The number of aryl methyl sites for hydroxylation is 2. The monoisotopic (exact) mass is 430 g/mol. The van der Waals surface area contributed by atoms with Crippen LogP contribution in [0.3, 0.4) is 0 Å². The molecule has 0 bridgehead atoms. The smallest absolute Gasteiger partial charge is 0.228 e. The standard InChI is InChI=1S/C24H30N8/c1-16-20-8-6-17-14-27-24(29-22(17)23(20)32(30-16)18-4-2-3-5-18)28-21-9-7-19(15-26-21)31-12-10-25-11-13-31/h7,9,14-15,18,25H,2-6,8,10-13H2,1H3,(H,26,27,28,29). The van der Waals surface area contributed by atoms with Gasteiger partial charge in [0.25, 0.3) is 0 Å². The second kappa shape index (κ2) is 8.16. The molecule has 0 amide bonds. The van der Waals surface area contributed by atoms with Crippen molar-refractivity contribution in [1.82, 2.24) is 30.0 Å². The molecule has 6 rings (SSSR count). The van der Waals surface area contributed by atoms with Gasteiger partial charge in [-0.15, -0.1) is 0 Å². The first-order valence-electron chi connectivity index (χ1n) is 11.9. The Morgan fingerprint density at radius 2 is 1.88 bits per heavy atom. The molecule has 0 atom stereocenters. The third-order valence-corrected chi connectivity index (χ3v) is 7.08. The third-order valence-electron chi connectivity index (χ3n) is 7.08. The predicted octanol–water partition coefficient (Wildman–Crippen LogP) is 3.41. The molecule has 1 saturated carbocycles. The van der Waals surface area contributed by atoms with Gasteiger partial charge in [-0.1, -0.05) is 12.8 Å². The Balaban J connectivity index is 1.28. The van der Waals surface area contributed by atoms with Crippen molar-refractivity contribution in [2.75, 3.05) is 36.4 Å². The number of hydrogen-bond donors (Lipinski definition) is 2. The summed E-state index contributed by atoms with van der Waals surface area (Å²) in [4.78, 5) is 16.5. The molecular formula is C24H30N8. The van der Waals surface area contributed by atoms with Gasteiger partial charge in [0.05, 0.1) is 35.0 Å². The van der Waals surface area contributed by atoms with Gasteiger partial charge in [-0.2, -0.15) is 5.10 Å². The van der Waals surface area contributed by atoms with Crippen molar-refractivity contribution in [1.29, 1.82) is 0 Å². The number of rotatable bonds is 4. The molecule has 32 heavy (non-hydrogen) atoms. The van der Waals surface area contributed by atoms with E-state index in [-0.39, 0.29) is 0 Å². The van der Waals surface area contributed by atoms with Gasteiger partial charge in [-0.05, 0) is 50.3 Å². The molecule has 1 aliphatic heterocycles. The Morgan fingerprint density at radius 1 is 1.03 bits per heavy atom. The lowest BCUT2D eigenvalue weighted by Gasteiger charge is -2.29. The van der Waals surface area contributed by atoms with Crippen molar-refractivity contribution in [2.24, 2.45) is 0 Å². The molecule has 0 aromatic carbocycles. The zero-order valence-electron chi connectivity index (χ0n) is 18.6. The van der Waals surface area contributed by atoms with E-state index < -0.39 is 0 Å². The van der Waals surface area contributed by atoms with E-state index in [9.17, 15) is 0 Å². The molecule has 4 heterocycles. The van der Waals surface area contributed by atoms with E-state index in [4.69, 9.17) is 10.1 Å². The molecule has 3 aliphatic rings. The second-order valence-electron chi connectivity index (χ2n) is 9.13. The molecule has 2 fully saturated rings. The molecule has 3 aromatic rings. The number of piperazine rings is 1. The van der Waals surface area contributed by atoms with E-state index in [1.54, 1.807) is 0 Å². The molecule has 0 spiro atoms. The van der Waals surface area contributed by atoms with Gasteiger partial charge in [0.2, 0.25) is 5.95 Å². The Kier molecular flexibility index (Phi) is 5.02. The van der Waals surface area contributed by atoms with Crippen molar-refractivity contribution in [3.05, 3.63) is 41.3 Å². The average Bonchev–Trinajstić information content (AvgIpc) is 3.48. The lowest BCUT2D eigenvalue weighted by Crippen LogP contribution is -2.43. The summed E-state index contributed by atoms with van der Waals surface area (Å²) in [5.41, 5.74) is 7.12. The maximum absolute atomic E-state index is 4.97. The number of pyridine rings is 1. The summed E-state index contributed by atoms with van der Waals surface area (Å²) < 4.78 is 2.27. The van der Waals surface area contributed by atoms with Crippen LogP contribution in [-0.4, -0.2) is 50.9 Å². The highest BCUT2D eigenvalue weighted by molar-refractivity contribution is 5.69. The Morgan fingerprint density at radius 3 is 2.66 bits per heavy atom. The fourth-order valence-electron chi connectivity index (χ4n) is 5.34. The van der Waals surface area contributed by atoms with Gasteiger partial charge in [-0.3, -0.25) is 4.68 Å². The number of anilines is 3. The van der Waals surface area contributed by atoms with Gasteiger partial charge in [-0.25, -0.2) is 15.0 Å². The molecule has 2 aliphatic carbocycles. The summed E-state index contributed by atoms with van der Waals surface area (Å²) in [6, 6.07) is 4.63. The van der Waals surface area contributed by atoms with Crippen molar-refractivity contribution in [3.63, 3.8) is 0 Å². The topological polar surface area (TPSA) is 83.8 Å². The van der Waals surface area contributed by atoms with Crippen molar-refractivity contribution in [3.8, 4) is 11.4 Å². The van der Waals surface area contributed by atoms with Crippen LogP contribution in [-0.2, 0) is 12.8 Å². The van der Waals surface area contributed by atoms with Crippen molar-refractivity contribution >= 4 is 17.5 Å². The normalized spacial score (nSPS) is 18.5. The Hall–Kier alpha value is -3.00. The van der Waals surface area contributed by atoms with Crippen LogP contribution in [0.1, 0.15) is 48.5 Å². The zero-order chi connectivity index (χ0) is 21.5. The van der Waals surface area contributed by atoms with E-state index in [2.05, 4.69) is 43.2 Å². The quantitative estimate of drug-likeness (QED) is 0.656. The molecule has 0 radical (unpaired) electrons. The van der Waals surface area contributed by atoms with Gasteiger partial charge in [0, 0.05) is 37.9 Å². The maximum Gasteiger partial charge on any atom is 0.228 e. The van der Waals surface area contributed by atoms with Gasteiger partial charge in [0.1, 0.15) is 5.82 Å². The van der Waals surface area contributed by atoms with Gasteiger partial charge < -0.3 is 15.5 Å². The van der Waals surface area contributed by atoms with E-state index in [1.165, 1.54) is 42.5 Å². The van der Waals surface area contributed by atoms with Gasteiger partial charge in [0.15, 0.2) is 0 Å². The van der Waals surface area contributed by atoms with Crippen LogP contribution in [0, 0.1) is 6.92 Å². The molecule has 1 saturated heterocycles. The fourth-order valence-corrected chi connectivity index (χ4v) is 5.34. The number of fused-ring (bicyclic) bond motifs is 3. The first-order chi connectivity index (χ1) is 15.8. The summed E-state index contributed by atoms with van der Waals surface area (Å²) in [5, 5.41) is 11.7. The average molecular weight is 431 g/mol. The van der Waals surface area contributed by atoms with Crippen LogP contribution in [0.5, 0.6) is 0 Å². The first-order valence-corrected chi connectivity index (χ1v) is 11.9. The number of aromatic nitrogens is 5. The van der Waals surface area contributed by atoms with Crippen molar-refractivity contribution < 1.29 is 0 Å². The number of nitrogens with one attached hydrogen (secondary N) is 2. The van der Waals surface area contributed by atoms with E-state index in [0.717, 1.165) is 61.9 Å². The maximum atomic E-state index is 4.97. The van der Waals surface area contributed by atoms with Crippen molar-refractivity contribution in [2.45, 2.75) is 51.5 Å². The van der Waals surface area contributed by atoms with E-state index in [1.807, 2.05) is 18.5 Å². The van der Waals surface area contributed by atoms with E-state index in [0.29, 0.717) is 12.0 Å². The fraction of sp³-hybridized carbons (Fsp3) is 0.500. The molecule has 2 N–H and O–H groups in total. The highest BCUT2D eigenvalue weighted by Gasteiger charge is 2.30. The second-order valence-corrected chi connectivity index (χ2v) is 9.13. The highest BCUT2D eigenvalue weighted by atomic mass is 15.3. The lowest BCUT2D eigenvalue weighted by atomic mass is 9.93. The molecule has 3 aromatic heterocycles. The summed E-state index contributed by atoms with van der Waals surface area (Å²) in [5.74, 6) is 1.36. The minimum atomic E-state index is 0.494. The Labute approximate surface area is 188 Å². The third kappa shape index (κ3) is 3.52. The van der Waals surface area contributed by atoms with E-state index >= 15 is 0 Å². The van der Waals surface area contributed by atoms with Crippen LogP contribution in [0.4, 0.5) is 17.5 Å². The zero-order valence-corrected chi connectivity index (χ0v) is 18.6.